The number of fused-ring (bicyclic) bond motifs is 1. The SMILES string of the molecule is CC(C/C=N/Nc1ccccc1)CN1C(=O)c2ccccc2C1=O. The second-order valence-corrected chi connectivity index (χ2v) is 5.90. The van der Waals surface area contributed by atoms with Crippen molar-refractivity contribution in [3.05, 3.63) is 65.7 Å². The summed E-state index contributed by atoms with van der Waals surface area (Å²) in [4.78, 5) is 26.0. The summed E-state index contributed by atoms with van der Waals surface area (Å²) in [5.74, 6) is -0.280. The van der Waals surface area contributed by atoms with Crippen LogP contribution in [0.4, 0.5) is 5.69 Å². The number of nitrogens with one attached hydrogen (secondary N) is 1. The zero-order chi connectivity index (χ0) is 16.9. The summed E-state index contributed by atoms with van der Waals surface area (Å²) in [6.07, 6.45) is 2.45. The van der Waals surface area contributed by atoms with Crippen molar-refractivity contribution >= 4 is 23.7 Å². The van der Waals surface area contributed by atoms with Gasteiger partial charge in [-0.3, -0.25) is 19.9 Å². The van der Waals surface area contributed by atoms with Gasteiger partial charge in [0.05, 0.1) is 16.8 Å². The molecule has 0 aromatic heterocycles. The number of imide groups is 1. The van der Waals surface area contributed by atoms with Gasteiger partial charge in [0.15, 0.2) is 0 Å². The number of hydrogen-bond acceptors (Lipinski definition) is 4. The highest BCUT2D eigenvalue weighted by Crippen LogP contribution is 2.23. The molecule has 1 heterocycles. The minimum atomic E-state index is -0.207. The van der Waals surface area contributed by atoms with Crippen LogP contribution in [0.15, 0.2) is 59.7 Å². The first-order chi connectivity index (χ1) is 11.7. The van der Waals surface area contributed by atoms with Gasteiger partial charge in [0, 0.05) is 12.8 Å². The Balaban J connectivity index is 1.53. The van der Waals surface area contributed by atoms with Crippen LogP contribution in [-0.2, 0) is 0 Å². The number of hydrogen-bond donors (Lipinski definition) is 1. The highest BCUT2D eigenvalue weighted by Gasteiger charge is 2.35. The minimum Gasteiger partial charge on any atom is -0.279 e. The Morgan fingerprint density at radius 2 is 1.58 bits per heavy atom. The molecule has 24 heavy (non-hydrogen) atoms. The summed E-state index contributed by atoms with van der Waals surface area (Å²) >= 11 is 0. The van der Waals surface area contributed by atoms with Gasteiger partial charge >= 0.3 is 0 Å². The standard InChI is InChI=1S/C19H19N3O2/c1-14(11-12-20-21-15-7-3-2-4-8-15)13-22-18(23)16-9-5-6-10-17(16)19(22)24/h2-10,12,14,21H,11,13H2,1H3/b20-12+. The van der Waals surface area contributed by atoms with E-state index in [2.05, 4.69) is 10.5 Å². The van der Waals surface area contributed by atoms with Gasteiger partial charge < -0.3 is 0 Å². The molecule has 1 aliphatic rings. The fourth-order valence-electron chi connectivity index (χ4n) is 2.66. The summed E-state index contributed by atoms with van der Waals surface area (Å²) in [5, 5.41) is 4.17. The number of hydrazone groups is 1. The Hall–Kier alpha value is -2.95. The topological polar surface area (TPSA) is 61.8 Å². The molecule has 0 radical (unpaired) electrons. The maximum absolute atomic E-state index is 12.3. The Morgan fingerprint density at radius 1 is 1.00 bits per heavy atom. The predicted molar refractivity (Wildman–Crippen MR) is 94.1 cm³/mol. The van der Waals surface area contributed by atoms with Crippen LogP contribution in [0.1, 0.15) is 34.1 Å². The van der Waals surface area contributed by atoms with Crippen molar-refractivity contribution in [1.82, 2.24) is 4.90 Å². The molecule has 0 saturated carbocycles. The van der Waals surface area contributed by atoms with Crippen LogP contribution >= 0.6 is 0 Å². The summed E-state index contributed by atoms with van der Waals surface area (Å²) in [7, 11) is 0. The van der Waals surface area contributed by atoms with E-state index < -0.39 is 0 Å². The highest BCUT2D eigenvalue weighted by atomic mass is 16.2. The van der Waals surface area contributed by atoms with E-state index in [1.807, 2.05) is 37.3 Å². The van der Waals surface area contributed by atoms with E-state index >= 15 is 0 Å². The van der Waals surface area contributed by atoms with Crippen molar-refractivity contribution in [2.24, 2.45) is 11.0 Å². The Kier molecular flexibility index (Phi) is 4.70. The fraction of sp³-hybridized carbons (Fsp3) is 0.211. The van der Waals surface area contributed by atoms with E-state index in [-0.39, 0.29) is 17.7 Å². The van der Waals surface area contributed by atoms with E-state index in [1.165, 1.54) is 4.90 Å². The van der Waals surface area contributed by atoms with E-state index in [0.717, 1.165) is 5.69 Å². The molecule has 1 aliphatic heterocycles. The van der Waals surface area contributed by atoms with Crippen molar-refractivity contribution in [2.45, 2.75) is 13.3 Å². The van der Waals surface area contributed by atoms with Crippen LogP contribution in [0.2, 0.25) is 0 Å². The van der Waals surface area contributed by atoms with Crippen molar-refractivity contribution < 1.29 is 9.59 Å². The first kappa shape index (κ1) is 15.9. The van der Waals surface area contributed by atoms with Crippen molar-refractivity contribution in [3.8, 4) is 0 Å². The van der Waals surface area contributed by atoms with Crippen LogP contribution in [0.5, 0.6) is 0 Å². The maximum atomic E-state index is 12.3. The molecule has 2 amide bonds. The lowest BCUT2D eigenvalue weighted by Gasteiger charge is -2.17. The minimum absolute atomic E-state index is 0.133. The Labute approximate surface area is 141 Å². The van der Waals surface area contributed by atoms with Gasteiger partial charge in [-0.15, -0.1) is 0 Å². The van der Waals surface area contributed by atoms with Crippen molar-refractivity contribution in [3.63, 3.8) is 0 Å². The second kappa shape index (κ2) is 7.08. The molecule has 5 nitrogen and oxygen atoms in total. The normalized spacial score (nSPS) is 15.0. The molecule has 1 atom stereocenters. The third-order valence-corrected chi connectivity index (χ3v) is 3.94. The number of benzene rings is 2. The molecule has 2 aromatic carbocycles. The van der Waals surface area contributed by atoms with Gasteiger partial charge in [0.1, 0.15) is 0 Å². The number of rotatable bonds is 6. The summed E-state index contributed by atoms with van der Waals surface area (Å²) in [6, 6.07) is 16.6. The van der Waals surface area contributed by atoms with E-state index in [1.54, 1.807) is 30.5 Å². The van der Waals surface area contributed by atoms with Gasteiger partial charge in [-0.05, 0) is 36.6 Å². The second-order valence-electron chi connectivity index (χ2n) is 5.90. The predicted octanol–water partition coefficient (Wildman–Crippen LogP) is 3.41. The molecule has 3 rings (SSSR count). The Bertz CT molecular complexity index is 736. The molecule has 0 saturated heterocycles. The van der Waals surface area contributed by atoms with E-state index in [9.17, 15) is 9.59 Å². The van der Waals surface area contributed by atoms with Crippen molar-refractivity contribution in [2.75, 3.05) is 12.0 Å². The monoisotopic (exact) mass is 321 g/mol. The molecule has 122 valence electrons. The van der Waals surface area contributed by atoms with Crippen LogP contribution in [0, 0.1) is 5.92 Å². The summed E-state index contributed by atoms with van der Waals surface area (Å²) < 4.78 is 0. The van der Waals surface area contributed by atoms with Gasteiger partial charge in [-0.25, -0.2) is 0 Å². The van der Waals surface area contributed by atoms with Crippen molar-refractivity contribution in [1.29, 1.82) is 0 Å². The lowest BCUT2D eigenvalue weighted by Crippen LogP contribution is -2.34. The average Bonchev–Trinajstić information content (AvgIpc) is 2.85. The summed E-state index contributed by atoms with van der Waals surface area (Å²) in [5.41, 5.74) is 4.85. The number of carbonyl (C=O) groups is 2. The smallest absolute Gasteiger partial charge is 0.261 e. The number of anilines is 1. The zero-order valence-electron chi connectivity index (χ0n) is 13.5. The van der Waals surface area contributed by atoms with Gasteiger partial charge in [-0.2, -0.15) is 5.10 Å². The zero-order valence-corrected chi connectivity index (χ0v) is 13.5. The Morgan fingerprint density at radius 3 is 2.21 bits per heavy atom. The van der Waals surface area contributed by atoms with Gasteiger partial charge in [0.25, 0.3) is 11.8 Å². The fourth-order valence-corrected chi connectivity index (χ4v) is 2.66. The quantitative estimate of drug-likeness (QED) is 0.504. The molecular formula is C19H19N3O2. The molecular weight excluding hydrogens is 302 g/mol. The van der Waals surface area contributed by atoms with E-state index in [4.69, 9.17) is 0 Å². The lowest BCUT2D eigenvalue weighted by molar-refractivity contribution is 0.0634. The van der Waals surface area contributed by atoms with Crippen LogP contribution in [-0.4, -0.2) is 29.5 Å². The molecule has 2 aromatic rings. The van der Waals surface area contributed by atoms with Gasteiger partial charge in [-0.1, -0.05) is 37.3 Å². The number of nitrogens with zero attached hydrogens (tertiary/aromatic N) is 2. The number of para-hydroxylation sites is 1. The van der Waals surface area contributed by atoms with E-state index in [0.29, 0.717) is 24.1 Å². The molecule has 0 spiro atoms. The molecule has 5 heteroatoms. The van der Waals surface area contributed by atoms with Gasteiger partial charge in [0.2, 0.25) is 0 Å². The molecule has 0 aliphatic carbocycles. The number of amides is 2. The highest BCUT2D eigenvalue weighted by molar-refractivity contribution is 6.21. The first-order valence-corrected chi connectivity index (χ1v) is 7.94. The summed E-state index contributed by atoms with van der Waals surface area (Å²) in [6.45, 7) is 2.39. The third kappa shape index (κ3) is 3.35. The average molecular weight is 321 g/mol. The first-order valence-electron chi connectivity index (χ1n) is 7.94. The van der Waals surface area contributed by atoms with Crippen LogP contribution < -0.4 is 5.43 Å². The molecule has 0 fully saturated rings. The van der Waals surface area contributed by atoms with Crippen LogP contribution in [0.3, 0.4) is 0 Å². The molecule has 1 N–H and O–H groups in total. The molecule has 1 unspecified atom stereocenters. The third-order valence-electron chi connectivity index (χ3n) is 3.94. The maximum Gasteiger partial charge on any atom is 0.261 e. The lowest BCUT2D eigenvalue weighted by atomic mass is 10.1. The number of carbonyl (C=O) groups excluding carboxylic acids is 2. The largest absolute Gasteiger partial charge is 0.279 e. The van der Waals surface area contributed by atoms with Crippen LogP contribution in [0.25, 0.3) is 0 Å². The molecule has 0 bridgehead atoms.